The Labute approximate surface area is 604 Å². The SMILES string of the molecule is [2H]c1c([2H])c([2H])c2c(c1[2H])c1c([2H])c([2H])c([2H])c([2H])c1n2-c1ccc2c(c1)N(c1c(-c3ccccc3)cc(C(C)(C)C)cc1-c1ccccc1)c1cc(C(C)(C)C)cc3c1B2c1ccc(-c2ccccc2-c2ccccc2)cc1N3c1c(-c2ccccc2)cc(C(C)(C)C)cc1-c1cccc2oc3ccccc3c12. The first-order chi connectivity index (χ1) is 52.3. The lowest BCUT2D eigenvalue weighted by Crippen LogP contribution is -2.61. The molecule has 486 valence electrons. The number of hydrogen-bond donors (Lipinski definition) is 0. The molecule has 0 spiro atoms. The molecule has 5 heteroatoms. The lowest BCUT2D eigenvalue weighted by molar-refractivity contribution is 0.590. The summed E-state index contributed by atoms with van der Waals surface area (Å²) in [6.45, 7) is 20.0. The summed E-state index contributed by atoms with van der Waals surface area (Å²) in [4.78, 5) is 5.07. The zero-order valence-corrected chi connectivity index (χ0v) is 58.2. The Morgan fingerprint density at radius 2 is 0.723 bits per heavy atom. The van der Waals surface area contributed by atoms with Crippen LogP contribution in [0.25, 0.3) is 116 Å². The highest BCUT2D eigenvalue weighted by atomic mass is 16.3. The molecular weight excluding hydrogens is 1220 g/mol. The molecule has 0 radical (unpaired) electrons. The summed E-state index contributed by atoms with van der Waals surface area (Å²) in [7, 11) is 0. The van der Waals surface area contributed by atoms with Gasteiger partial charge in [0, 0.05) is 72.2 Å². The molecule has 4 heterocycles. The van der Waals surface area contributed by atoms with Gasteiger partial charge in [-0.15, -0.1) is 0 Å². The van der Waals surface area contributed by atoms with Crippen molar-refractivity contribution in [2.45, 2.75) is 78.6 Å². The molecule has 2 aliphatic heterocycles. The maximum absolute atomic E-state index is 9.86. The van der Waals surface area contributed by atoms with Crippen LogP contribution >= 0.6 is 0 Å². The zero-order valence-electron chi connectivity index (χ0n) is 66.2. The number of furan rings is 1. The van der Waals surface area contributed by atoms with Crippen molar-refractivity contribution in [3.8, 4) is 72.4 Å². The Balaban J connectivity index is 1.06. The average molecular weight is 1310 g/mol. The summed E-state index contributed by atoms with van der Waals surface area (Å²) < 4.78 is 84.2. The summed E-state index contributed by atoms with van der Waals surface area (Å²) in [5, 5.41) is 2.05. The fourth-order valence-electron chi connectivity index (χ4n) is 15.8. The van der Waals surface area contributed by atoms with E-state index in [0.717, 1.165) is 156 Å². The molecule has 0 saturated heterocycles. The first-order valence-electron chi connectivity index (χ1n) is 39.0. The van der Waals surface area contributed by atoms with Gasteiger partial charge in [0.15, 0.2) is 0 Å². The van der Waals surface area contributed by atoms with E-state index in [9.17, 15) is 8.22 Å². The van der Waals surface area contributed by atoms with Crippen molar-refractivity contribution in [1.29, 1.82) is 0 Å². The van der Waals surface area contributed by atoms with E-state index in [1.165, 1.54) is 0 Å². The lowest BCUT2D eigenvalue weighted by Gasteiger charge is -2.47. The molecule has 18 rings (SSSR count). The predicted molar refractivity (Wildman–Crippen MR) is 431 cm³/mol. The van der Waals surface area contributed by atoms with E-state index >= 15 is 0 Å². The first-order valence-corrected chi connectivity index (χ1v) is 35.0. The van der Waals surface area contributed by atoms with Crippen LogP contribution in [0.1, 0.15) is 90.0 Å². The predicted octanol–water partition coefficient (Wildman–Crippen LogP) is 24.7. The van der Waals surface area contributed by atoms with Crippen molar-refractivity contribution in [3.05, 3.63) is 326 Å². The third-order valence-electron chi connectivity index (χ3n) is 20.9. The lowest BCUT2D eigenvalue weighted by atomic mass is 9.33. The fourth-order valence-corrected chi connectivity index (χ4v) is 15.8. The van der Waals surface area contributed by atoms with Gasteiger partial charge in [-0.25, -0.2) is 0 Å². The highest BCUT2D eigenvalue weighted by Crippen LogP contribution is 2.57. The highest BCUT2D eigenvalue weighted by molar-refractivity contribution is 7.00. The third kappa shape index (κ3) is 10.2. The van der Waals surface area contributed by atoms with Crippen LogP contribution in [0.2, 0.25) is 0 Å². The molecule has 0 N–H and O–H groups in total. The minimum absolute atomic E-state index is 0.00999. The Kier molecular flexibility index (Phi) is 12.4. The van der Waals surface area contributed by atoms with Crippen LogP contribution in [0.3, 0.4) is 0 Å². The summed E-state index contributed by atoms with van der Waals surface area (Å²) in [6.07, 6.45) is 0. The molecule has 0 fully saturated rings. The second kappa shape index (κ2) is 23.5. The molecule has 0 unspecified atom stereocenters. The summed E-state index contributed by atoms with van der Waals surface area (Å²) in [6, 6.07) is 90.5. The number of para-hydroxylation sites is 3. The minimum Gasteiger partial charge on any atom is -0.456 e. The van der Waals surface area contributed by atoms with E-state index in [2.05, 4.69) is 321 Å². The quantitative estimate of drug-likeness (QED) is 0.135. The monoisotopic (exact) mass is 1310 g/mol. The zero-order chi connectivity index (χ0) is 75.6. The molecule has 0 aliphatic carbocycles. The van der Waals surface area contributed by atoms with Crippen molar-refractivity contribution < 1.29 is 15.4 Å². The molecule has 101 heavy (non-hydrogen) atoms. The van der Waals surface area contributed by atoms with Gasteiger partial charge in [0.25, 0.3) is 6.71 Å². The van der Waals surface area contributed by atoms with Gasteiger partial charge in [0.05, 0.1) is 33.4 Å². The van der Waals surface area contributed by atoms with Crippen molar-refractivity contribution in [2.24, 2.45) is 0 Å². The van der Waals surface area contributed by atoms with Crippen LogP contribution in [0, 0.1) is 0 Å². The smallest absolute Gasteiger partial charge is 0.252 e. The van der Waals surface area contributed by atoms with Crippen molar-refractivity contribution >= 4 is 101 Å². The maximum Gasteiger partial charge on any atom is 0.252 e. The number of fused-ring (bicyclic) bond motifs is 10. The topological polar surface area (TPSA) is 24.6 Å². The molecule has 16 aromatic rings. The molecule has 2 aromatic heterocycles. The van der Waals surface area contributed by atoms with Gasteiger partial charge in [0.1, 0.15) is 11.2 Å². The Bertz CT molecular complexity index is 6330. The Morgan fingerprint density at radius 1 is 0.317 bits per heavy atom. The van der Waals surface area contributed by atoms with Crippen LogP contribution < -0.4 is 26.2 Å². The number of anilines is 6. The average Bonchev–Trinajstić information content (AvgIpc) is 0.807. The van der Waals surface area contributed by atoms with Gasteiger partial charge in [-0.2, -0.15) is 0 Å². The van der Waals surface area contributed by atoms with Gasteiger partial charge in [0.2, 0.25) is 0 Å². The van der Waals surface area contributed by atoms with Gasteiger partial charge in [-0.05, 0) is 173 Å². The van der Waals surface area contributed by atoms with Crippen LogP contribution in [-0.4, -0.2) is 11.3 Å². The number of hydrogen-bond acceptors (Lipinski definition) is 3. The van der Waals surface area contributed by atoms with Crippen LogP contribution in [0.4, 0.5) is 34.1 Å². The highest BCUT2D eigenvalue weighted by Gasteiger charge is 2.47. The Morgan fingerprint density at radius 3 is 1.25 bits per heavy atom. The van der Waals surface area contributed by atoms with Crippen LogP contribution in [0.15, 0.2) is 314 Å². The molecule has 2 aliphatic rings. The van der Waals surface area contributed by atoms with E-state index in [-0.39, 0.29) is 44.7 Å². The molecule has 0 amide bonds. The molecule has 14 aromatic carbocycles. The van der Waals surface area contributed by atoms with E-state index in [0.29, 0.717) is 5.69 Å². The van der Waals surface area contributed by atoms with E-state index in [1.54, 1.807) is 4.57 Å². The second-order valence-electron chi connectivity index (χ2n) is 30.2. The van der Waals surface area contributed by atoms with Crippen molar-refractivity contribution in [1.82, 2.24) is 4.57 Å². The third-order valence-corrected chi connectivity index (χ3v) is 20.9. The van der Waals surface area contributed by atoms with E-state index in [1.807, 2.05) is 12.1 Å². The molecular formula is C96H78BN3O. The Hall–Kier alpha value is -11.7. The maximum atomic E-state index is 9.86. The summed E-state index contributed by atoms with van der Waals surface area (Å²) in [5.74, 6) is 0. The van der Waals surface area contributed by atoms with Gasteiger partial charge < -0.3 is 18.8 Å². The number of aromatic nitrogens is 1. The largest absolute Gasteiger partial charge is 0.456 e. The molecule has 0 saturated carbocycles. The van der Waals surface area contributed by atoms with Gasteiger partial charge in [-0.3, -0.25) is 0 Å². The molecule has 0 bridgehead atoms. The summed E-state index contributed by atoms with van der Waals surface area (Å²) in [5.41, 5.74) is 25.1. The fraction of sp³-hybridized carbons (Fsp3) is 0.125. The van der Waals surface area contributed by atoms with Crippen LogP contribution in [0.5, 0.6) is 0 Å². The molecule has 4 nitrogen and oxygen atoms in total. The first kappa shape index (κ1) is 53.3. The minimum atomic E-state index is -0.510. The van der Waals surface area contributed by atoms with Gasteiger partial charge in [-0.1, -0.05) is 293 Å². The van der Waals surface area contributed by atoms with Gasteiger partial charge >= 0.3 is 0 Å². The summed E-state index contributed by atoms with van der Waals surface area (Å²) >= 11 is 0. The number of benzene rings is 14. The van der Waals surface area contributed by atoms with Crippen molar-refractivity contribution in [3.63, 3.8) is 0 Å². The number of nitrogens with zero attached hydrogens (tertiary/aromatic N) is 3. The molecule has 0 atom stereocenters. The standard InChI is InChI=1S/C96H78BN3O/c1-94(2,3)66-54-76(62-33-16-11-17-34-62)92(77(55-66)63-35-18-12-19-36-63)100-85-60-69(98-82-45-27-24-41-72(82)73-42-25-28-46-83(73)98)50-52-81(85)97-80-51-49-65(71-40-23-22-39-70(71)61-31-14-10-15-32-61)53-84(80)99(86-58-68(96(7,8)9)59-87(100)91(86)97)93-78(64-37-20-13-21-38-64)56-67(95(4,5)6)57-79(93)74-44-30-48-89-90(74)75-43-26-29-47-88(75)101-89/h10-60H,1-9H3/i24D,25D,27D,28D,41D,42D,45D,46D. The normalized spacial score (nSPS) is 14.0. The second-order valence-corrected chi connectivity index (χ2v) is 30.2. The van der Waals surface area contributed by atoms with E-state index < -0.39 is 48.4 Å². The number of rotatable bonds is 9. The van der Waals surface area contributed by atoms with Crippen LogP contribution in [-0.2, 0) is 16.2 Å². The van der Waals surface area contributed by atoms with E-state index in [4.69, 9.17) is 7.16 Å². The van der Waals surface area contributed by atoms with Crippen molar-refractivity contribution in [2.75, 3.05) is 9.80 Å².